The molecular formula is C12H15N7. The second kappa shape index (κ2) is 5.21. The molecule has 0 atom stereocenters. The van der Waals surface area contributed by atoms with Crippen molar-refractivity contribution in [2.45, 2.75) is 6.92 Å². The maximum absolute atomic E-state index is 5.55. The molecule has 1 aromatic carbocycles. The summed E-state index contributed by atoms with van der Waals surface area (Å²) < 4.78 is 1.92. The van der Waals surface area contributed by atoms with Gasteiger partial charge in [-0.3, -0.25) is 0 Å². The van der Waals surface area contributed by atoms with Crippen molar-refractivity contribution in [1.82, 2.24) is 9.55 Å². The van der Waals surface area contributed by atoms with Crippen molar-refractivity contribution in [3.63, 3.8) is 0 Å². The highest BCUT2D eigenvalue weighted by Crippen LogP contribution is 2.16. The van der Waals surface area contributed by atoms with Gasteiger partial charge in [-0.25, -0.2) is 9.98 Å². The molecule has 1 aromatic heterocycles. The lowest BCUT2D eigenvalue weighted by Gasteiger charge is -2.02. The summed E-state index contributed by atoms with van der Waals surface area (Å²) >= 11 is 0. The first-order valence-corrected chi connectivity index (χ1v) is 5.59. The largest absolute Gasteiger partial charge is 0.370 e. The minimum absolute atomic E-state index is 0.0197. The first-order chi connectivity index (χ1) is 9.04. The van der Waals surface area contributed by atoms with E-state index in [1.54, 1.807) is 6.33 Å². The van der Waals surface area contributed by atoms with Gasteiger partial charge in [-0.1, -0.05) is 0 Å². The summed E-state index contributed by atoms with van der Waals surface area (Å²) in [5, 5.41) is 0. The predicted molar refractivity (Wildman–Crippen MR) is 75.4 cm³/mol. The maximum Gasteiger partial charge on any atom is 0.223 e. The molecule has 0 saturated heterocycles. The summed E-state index contributed by atoms with van der Waals surface area (Å²) in [5.74, 6) is -0.0991. The number of aliphatic imine (C=N–C) groups is 2. The van der Waals surface area contributed by atoms with Crippen molar-refractivity contribution >= 4 is 17.6 Å². The Balaban J connectivity index is 2.22. The average molecular weight is 257 g/mol. The highest BCUT2D eigenvalue weighted by atomic mass is 15.1. The molecule has 0 spiro atoms. The van der Waals surface area contributed by atoms with Gasteiger partial charge in [0, 0.05) is 11.9 Å². The molecule has 0 radical (unpaired) electrons. The third kappa shape index (κ3) is 3.32. The number of hydrogen-bond donors (Lipinski definition) is 3. The van der Waals surface area contributed by atoms with Gasteiger partial charge in [-0.2, -0.15) is 4.99 Å². The number of nitrogens with zero attached hydrogens (tertiary/aromatic N) is 4. The van der Waals surface area contributed by atoms with Crippen LogP contribution in [-0.2, 0) is 0 Å². The third-order valence-electron chi connectivity index (χ3n) is 2.35. The number of imidazole rings is 1. The zero-order chi connectivity index (χ0) is 13.8. The number of rotatable bonds is 2. The van der Waals surface area contributed by atoms with Crippen LogP contribution >= 0.6 is 0 Å². The average Bonchev–Trinajstić information content (AvgIpc) is 2.75. The third-order valence-corrected chi connectivity index (χ3v) is 2.35. The van der Waals surface area contributed by atoms with Gasteiger partial charge in [-0.15, -0.1) is 0 Å². The molecular weight excluding hydrogens is 242 g/mol. The van der Waals surface area contributed by atoms with Gasteiger partial charge in [0.2, 0.25) is 5.96 Å². The normalized spacial score (nSPS) is 11.3. The summed E-state index contributed by atoms with van der Waals surface area (Å²) in [6.07, 6.45) is 3.69. The molecule has 0 aliphatic carbocycles. The SMILES string of the molecule is Cc1cn(-c2ccc(N=C(N)N=C(N)N)cc2)cn1. The van der Waals surface area contributed by atoms with Gasteiger partial charge in [0.05, 0.1) is 17.7 Å². The predicted octanol–water partition coefficient (Wildman–Crippen LogP) is 0.400. The van der Waals surface area contributed by atoms with Crippen molar-refractivity contribution in [1.29, 1.82) is 0 Å². The summed E-state index contributed by atoms with van der Waals surface area (Å²) in [7, 11) is 0. The van der Waals surface area contributed by atoms with E-state index in [1.165, 1.54) is 0 Å². The number of guanidine groups is 2. The Morgan fingerprint density at radius 3 is 2.37 bits per heavy atom. The van der Waals surface area contributed by atoms with Crippen LogP contribution < -0.4 is 17.2 Å². The lowest BCUT2D eigenvalue weighted by atomic mass is 10.3. The van der Waals surface area contributed by atoms with Gasteiger partial charge in [0.15, 0.2) is 5.96 Å². The second-order valence-electron chi connectivity index (χ2n) is 3.95. The van der Waals surface area contributed by atoms with Crippen LogP contribution in [0.1, 0.15) is 5.69 Å². The van der Waals surface area contributed by atoms with Gasteiger partial charge in [0.1, 0.15) is 0 Å². The van der Waals surface area contributed by atoms with Crippen molar-refractivity contribution in [3.8, 4) is 5.69 Å². The molecule has 0 unspecified atom stereocenters. The fraction of sp³-hybridized carbons (Fsp3) is 0.0833. The van der Waals surface area contributed by atoms with Crippen LogP contribution in [0.3, 0.4) is 0 Å². The fourth-order valence-electron chi connectivity index (χ4n) is 1.55. The highest BCUT2D eigenvalue weighted by Gasteiger charge is 1.98. The molecule has 2 aromatic rings. The zero-order valence-corrected chi connectivity index (χ0v) is 10.5. The maximum atomic E-state index is 5.55. The van der Waals surface area contributed by atoms with Crippen LogP contribution in [-0.4, -0.2) is 21.5 Å². The van der Waals surface area contributed by atoms with Crippen molar-refractivity contribution in [2.75, 3.05) is 0 Å². The van der Waals surface area contributed by atoms with Crippen molar-refractivity contribution in [3.05, 3.63) is 42.5 Å². The minimum Gasteiger partial charge on any atom is -0.370 e. The number of aromatic nitrogens is 2. The summed E-state index contributed by atoms with van der Waals surface area (Å²) in [6, 6.07) is 7.45. The number of nitrogens with two attached hydrogens (primary N) is 3. The topological polar surface area (TPSA) is 121 Å². The van der Waals surface area contributed by atoms with E-state index in [0.29, 0.717) is 5.69 Å². The molecule has 7 nitrogen and oxygen atoms in total. The van der Waals surface area contributed by atoms with E-state index in [9.17, 15) is 0 Å². The van der Waals surface area contributed by atoms with E-state index >= 15 is 0 Å². The molecule has 7 heteroatoms. The van der Waals surface area contributed by atoms with Crippen molar-refractivity contribution < 1.29 is 0 Å². The lowest BCUT2D eigenvalue weighted by molar-refractivity contribution is 1.06. The van der Waals surface area contributed by atoms with E-state index in [2.05, 4.69) is 15.0 Å². The molecule has 0 fully saturated rings. The Morgan fingerprint density at radius 2 is 1.84 bits per heavy atom. The molecule has 2 rings (SSSR count). The zero-order valence-electron chi connectivity index (χ0n) is 10.5. The molecule has 0 saturated carbocycles. The molecule has 1 heterocycles. The number of aryl methyl sites for hydroxylation is 1. The quantitative estimate of drug-likeness (QED) is 0.532. The second-order valence-corrected chi connectivity index (χ2v) is 3.95. The fourth-order valence-corrected chi connectivity index (χ4v) is 1.55. The van der Waals surface area contributed by atoms with Crippen LogP contribution in [0.15, 0.2) is 46.8 Å². The molecule has 0 amide bonds. The molecule has 0 bridgehead atoms. The summed E-state index contributed by atoms with van der Waals surface area (Å²) in [4.78, 5) is 11.9. The Morgan fingerprint density at radius 1 is 1.16 bits per heavy atom. The monoisotopic (exact) mass is 257 g/mol. The number of benzene rings is 1. The number of hydrogen-bond acceptors (Lipinski definition) is 2. The van der Waals surface area contributed by atoms with E-state index in [0.717, 1.165) is 11.4 Å². The Bertz CT molecular complexity index is 618. The minimum atomic E-state index is -0.119. The van der Waals surface area contributed by atoms with Gasteiger partial charge < -0.3 is 21.8 Å². The molecule has 0 aliphatic rings. The first-order valence-electron chi connectivity index (χ1n) is 5.59. The molecule has 6 N–H and O–H groups in total. The highest BCUT2D eigenvalue weighted by molar-refractivity contribution is 5.93. The Kier molecular flexibility index (Phi) is 3.46. The van der Waals surface area contributed by atoms with E-state index < -0.39 is 0 Å². The first kappa shape index (κ1) is 12.6. The van der Waals surface area contributed by atoms with Crippen LogP contribution in [0.2, 0.25) is 0 Å². The Hall–Kier alpha value is -2.83. The van der Waals surface area contributed by atoms with Crippen molar-refractivity contribution in [2.24, 2.45) is 27.2 Å². The molecule has 19 heavy (non-hydrogen) atoms. The van der Waals surface area contributed by atoms with E-state index in [-0.39, 0.29) is 11.9 Å². The summed E-state index contributed by atoms with van der Waals surface area (Å²) in [5.41, 5.74) is 18.6. The van der Waals surface area contributed by atoms with Crippen LogP contribution in [0.25, 0.3) is 5.69 Å². The van der Waals surface area contributed by atoms with Crippen LogP contribution in [0, 0.1) is 6.92 Å². The van der Waals surface area contributed by atoms with E-state index in [4.69, 9.17) is 17.2 Å². The van der Waals surface area contributed by atoms with Gasteiger partial charge in [-0.05, 0) is 31.2 Å². The standard InChI is InChI=1S/C12H15N7/c1-8-6-19(7-16-8)10-4-2-9(3-5-10)17-12(15)18-11(13)14/h2-7H,1H3,(H6,13,14,15,17,18). The van der Waals surface area contributed by atoms with Crippen LogP contribution in [0.5, 0.6) is 0 Å². The van der Waals surface area contributed by atoms with Crippen LogP contribution in [0.4, 0.5) is 5.69 Å². The molecule has 0 aliphatic heterocycles. The Labute approximate surface area is 110 Å². The molecule has 98 valence electrons. The van der Waals surface area contributed by atoms with Gasteiger partial charge in [0.25, 0.3) is 0 Å². The summed E-state index contributed by atoms with van der Waals surface area (Å²) in [6.45, 7) is 1.94. The van der Waals surface area contributed by atoms with E-state index in [1.807, 2.05) is 42.0 Å². The smallest absolute Gasteiger partial charge is 0.223 e. The lowest BCUT2D eigenvalue weighted by Crippen LogP contribution is -2.26. The van der Waals surface area contributed by atoms with Gasteiger partial charge >= 0.3 is 0 Å².